The van der Waals surface area contributed by atoms with E-state index >= 15 is 0 Å². The molecule has 0 bridgehead atoms. The summed E-state index contributed by atoms with van der Waals surface area (Å²) >= 11 is 13.0. The van der Waals surface area contributed by atoms with E-state index in [2.05, 4.69) is 4.99 Å². The SMILES string of the molecule is COc1ccc(-n2c(O)c(/C=C3\C=Nc4ccccc43)sc2=S)cc1Cl. The second kappa shape index (κ2) is 6.72. The minimum absolute atomic E-state index is 0.0755. The number of nitrogens with zero attached hydrogens (tertiary/aromatic N) is 2. The lowest BCUT2D eigenvalue weighted by molar-refractivity contribution is 0.414. The first-order valence-electron chi connectivity index (χ1n) is 7.72. The maximum absolute atomic E-state index is 10.7. The van der Waals surface area contributed by atoms with Gasteiger partial charge >= 0.3 is 0 Å². The number of para-hydroxylation sites is 1. The van der Waals surface area contributed by atoms with Gasteiger partial charge in [0, 0.05) is 17.4 Å². The molecule has 0 unspecified atom stereocenters. The topological polar surface area (TPSA) is 46.8 Å². The van der Waals surface area contributed by atoms with Gasteiger partial charge in [-0.2, -0.15) is 0 Å². The van der Waals surface area contributed by atoms with Gasteiger partial charge in [0.15, 0.2) is 3.95 Å². The van der Waals surface area contributed by atoms with Crippen molar-refractivity contribution in [2.45, 2.75) is 0 Å². The van der Waals surface area contributed by atoms with Crippen molar-refractivity contribution >= 4 is 58.7 Å². The van der Waals surface area contributed by atoms with Crippen LogP contribution in [-0.4, -0.2) is 23.0 Å². The summed E-state index contributed by atoms with van der Waals surface area (Å²) in [7, 11) is 1.56. The first kappa shape index (κ1) is 17.0. The number of fused-ring (bicyclic) bond motifs is 1. The van der Waals surface area contributed by atoms with Crippen LogP contribution in [0.25, 0.3) is 17.3 Å². The molecule has 130 valence electrons. The van der Waals surface area contributed by atoms with Crippen molar-refractivity contribution in [2.24, 2.45) is 4.99 Å². The number of aromatic nitrogens is 1. The van der Waals surface area contributed by atoms with Crippen molar-refractivity contribution in [2.75, 3.05) is 7.11 Å². The fourth-order valence-electron chi connectivity index (χ4n) is 2.79. The van der Waals surface area contributed by atoms with Crippen LogP contribution in [0, 0.1) is 3.95 Å². The molecule has 7 heteroatoms. The van der Waals surface area contributed by atoms with Crippen LogP contribution in [0.1, 0.15) is 10.4 Å². The molecule has 0 spiro atoms. The van der Waals surface area contributed by atoms with Gasteiger partial charge in [-0.05, 0) is 42.6 Å². The van der Waals surface area contributed by atoms with E-state index in [4.69, 9.17) is 28.6 Å². The normalized spacial score (nSPS) is 14.0. The highest BCUT2D eigenvalue weighted by molar-refractivity contribution is 7.73. The molecular weight excluding hydrogens is 388 g/mol. The molecule has 0 aliphatic carbocycles. The van der Waals surface area contributed by atoms with Gasteiger partial charge in [-0.25, -0.2) is 0 Å². The molecule has 0 amide bonds. The molecule has 1 aromatic heterocycles. The fraction of sp³-hybridized carbons (Fsp3) is 0.0526. The summed E-state index contributed by atoms with van der Waals surface area (Å²) in [5.41, 5.74) is 3.57. The van der Waals surface area contributed by atoms with E-state index < -0.39 is 0 Å². The largest absolute Gasteiger partial charge is 0.495 e. The Morgan fingerprint density at radius 1 is 1.27 bits per heavy atom. The Labute approximate surface area is 164 Å². The second-order valence-corrected chi connectivity index (χ2v) is 7.67. The standard InChI is InChI=1S/C19H13ClN2O2S2/c1-24-16-7-6-12(9-14(16)20)22-18(23)17(26-19(22)25)8-11-10-21-15-5-3-2-4-13(11)15/h2-10,23H,1H3/b11-8+. The highest BCUT2D eigenvalue weighted by atomic mass is 35.5. The summed E-state index contributed by atoms with van der Waals surface area (Å²) in [4.78, 5) is 5.06. The zero-order chi connectivity index (χ0) is 18.3. The summed E-state index contributed by atoms with van der Waals surface area (Å²) in [6.07, 6.45) is 3.69. The number of thiazole rings is 1. The Kier molecular flexibility index (Phi) is 4.40. The molecule has 1 aliphatic rings. The maximum Gasteiger partial charge on any atom is 0.215 e. The van der Waals surface area contributed by atoms with Gasteiger partial charge in [0.1, 0.15) is 5.75 Å². The van der Waals surface area contributed by atoms with Crippen molar-refractivity contribution in [3.8, 4) is 17.3 Å². The predicted octanol–water partition coefficient (Wildman–Crippen LogP) is 5.89. The molecule has 0 fully saturated rings. The second-order valence-electron chi connectivity index (χ2n) is 5.59. The van der Waals surface area contributed by atoms with Crippen LogP contribution in [0.4, 0.5) is 5.69 Å². The van der Waals surface area contributed by atoms with Gasteiger partial charge < -0.3 is 9.84 Å². The van der Waals surface area contributed by atoms with Crippen molar-refractivity contribution < 1.29 is 9.84 Å². The van der Waals surface area contributed by atoms with Crippen LogP contribution in [0.2, 0.25) is 5.02 Å². The number of hydrogen-bond donors (Lipinski definition) is 1. The van der Waals surface area contributed by atoms with Crippen LogP contribution in [0.5, 0.6) is 11.6 Å². The van der Waals surface area contributed by atoms with Crippen LogP contribution < -0.4 is 4.74 Å². The number of ether oxygens (including phenoxy) is 1. The predicted molar refractivity (Wildman–Crippen MR) is 110 cm³/mol. The molecule has 4 nitrogen and oxygen atoms in total. The molecule has 2 heterocycles. The van der Waals surface area contributed by atoms with Gasteiger partial charge in [0.2, 0.25) is 5.88 Å². The Morgan fingerprint density at radius 2 is 2.08 bits per heavy atom. The molecule has 0 radical (unpaired) electrons. The van der Waals surface area contributed by atoms with Crippen molar-refractivity contribution in [3.05, 3.63) is 61.9 Å². The number of benzene rings is 2. The van der Waals surface area contributed by atoms with Crippen LogP contribution in [0.15, 0.2) is 47.5 Å². The summed E-state index contributed by atoms with van der Waals surface area (Å²) < 4.78 is 7.29. The summed E-state index contributed by atoms with van der Waals surface area (Å²) in [6, 6.07) is 13.1. The first-order chi connectivity index (χ1) is 12.6. The Hall–Kier alpha value is -2.41. The van der Waals surface area contributed by atoms with E-state index in [0.717, 1.165) is 16.8 Å². The van der Waals surface area contributed by atoms with E-state index in [1.807, 2.05) is 30.3 Å². The number of methoxy groups -OCH3 is 1. The van der Waals surface area contributed by atoms with Gasteiger partial charge in [0.25, 0.3) is 0 Å². The third kappa shape index (κ3) is 2.86. The fourth-order valence-corrected chi connectivity index (χ4v) is 4.35. The molecule has 26 heavy (non-hydrogen) atoms. The number of aromatic hydroxyl groups is 1. The molecule has 0 saturated carbocycles. The zero-order valence-corrected chi connectivity index (χ0v) is 16.0. The van der Waals surface area contributed by atoms with E-state index in [1.165, 1.54) is 11.3 Å². The van der Waals surface area contributed by atoms with E-state index in [1.54, 1.807) is 36.1 Å². The Balaban J connectivity index is 1.79. The van der Waals surface area contributed by atoms with E-state index in [0.29, 0.717) is 25.3 Å². The molecular formula is C19H13ClN2O2S2. The molecule has 1 N–H and O–H groups in total. The number of halogens is 1. The number of allylic oxidation sites excluding steroid dienone is 1. The van der Waals surface area contributed by atoms with E-state index in [-0.39, 0.29) is 5.88 Å². The van der Waals surface area contributed by atoms with Crippen LogP contribution in [-0.2, 0) is 0 Å². The van der Waals surface area contributed by atoms with Crippen LogP contribution in [0.3, 0.4) is 0 Å². The van der Waals surface area contributed by atoms with Crippen molar-refractivity contribution in [3.63, 3.8) is 0 Å². The highest BCUT2D eigenvalue weighted by Crippen LogP contribution is 2.37. The monoisotopic (exact) mass is 400 g/mol. The molecule has 0 saturated heterocycles. The average Bonchev–Trinajstić information content (AvgIpc) is 3.16. The quantitative estimate of drug-likeness (QED) is 0.557. The lowest BCUT2D eigenvalue weighted by Gasteiger charge is -2.08. The minimum Gasteiger partial charge on any atom is -0.495 e. The highest BCUT2D eigenvalue weighted by Gasteiger charge is 2.16. The molecule has 0 atom stereocenters. The van der Waals surface area contributed by atoms with Gasteiger partial charge in [-0.15, -0.1) is 11.3 Å². The number of hydrogen-bond acceptors (Lipinski definition) is 5. The van der Waals surface area contributed by atoms with Crippen LogP contribution >= 0.6 is 35.2 Å². The third-order valence-electron chi connectivity index (χ3n) is 4.05. The molecule has 2 aromatic carbocycles. The summed E-state index contributed by atoms with van der Waals surface area (Å²) in [5, 5.41) is 11.2. The zero-order valence-electron chi connectivity index (χ0n) is 13.6. The lowest BCUT2D eigenvalue weighted by atomic mass is 10.1. The Bertz CT molecular complexity index is 1130. The summed E-state index contributed by atoms with van der Waals surface area (Å²) in [5.74, 6) is 0.643. The van der Waals surface area contributed by atoms with Gasteiger partial charge in [-0.1, -0.05) is 29.8 Å². The minimum atomic E-state index is 0.0755. The van der Waals surface area contributed by atoms with Gasteiger partial charge in [0.05, 0.1) is 28.4 Å². The average molecular weight is 401 g/mol. The Morgan fingerprint density at radius 3 is 2.85 bits per heavy atom. The lowest BCUT2D eigenvalue weighted by Crippen LogP contribution is -1.94. The number of rotatable bonds is 3. The number of aliphatic imine (C=N–C) groups is 1. The molecule has 3 aromatic rings. The van der Waals surface area contributed by atoms with E-state index in [9.17, 15) is 5.11 Å². The molecule has 1 aliphatic heterocycles. The first-order valence-corrected chi connectivity index (χ1v) is 9.32. The maximum atomic E-state index is 10.7. The third-order valence-corrected chi connectivity index (χ3v) is 5.66. The smallest absolute Gasteiger partial charge is 0.215 e. The van der Waals surface area contributed by atoms with Crippen molar-refractivity contribution in [1.82, 2.24) is 4.57 Å². The summed E-state index contributed by atoms with van der Waals surface area (Å²) in [6.45, 7) is 0. The molecule has 4 rings (SSSR count). The van der Waals surface area contributed by atoms with Crippen molar-refractivity contribution in [1.29, 1.82) is 0 Å². The van der Waals surface area contributed by atoms with Gasteiger partial charge in [-0.3, -0.25) is 9.56 Å².